The molecule has 16 nitrogen and oxygen atoms in total. The Morgan fingerprint density at radius 1 is 0.500 bits per heavy atom. The zero-order valence-electron chi connectivity index (χ0n) is 35.8. The first-order chi connectivity index (χ1) is 32.3. The van der Waals surface area contributed by atoms with Crippen LogP contribution in [0.3, 0.4) is 0 Å². The molecule has 2 amide bonds. The highest BCUT2D eigenvalue weighted by Gasteiger charge is 2.15. The van der Waals surface area contributed by atoms with Gasteiger partial charge in [-0.25, -0.2) is 24.9 Å². The molecule has 10 rings (SSSR count). The Labute approximate surface area is 379 Å². The van der Waals surface area contributed by atoms with Crippen molar-refractivity contribution in [3.8, 4) is 11.6 Å². The Balaban J connectivity index is 0.000000166. The monoisotopic (exact) mass is 870 g/mol. The van der Waals surface area contributed by atoms with Gasteiger partial charge in [0, 0.05) is 41.4 Å². The summed E-state index contributed by atoms with van der Waals surface area (Å²) in [6.07, 6.45) is 14.5. The summed E-state index contributed by atoms with van der Waals surface area (Å²) in [7, 11) is 0. The van der Waals surface area contributed by atoms with Crippen LogP contribution in [0.2, 0.25) is 0 Å². The van der Waals surface area contributed by atoms with Crippen molar-refractivity contribution in [1.29, 1.82) is 0 Å². The fourth-order valence-electron chi connectivity index (χ4n) is 7.12. The van der Waals surface area contributed by atoms with Gasteiger partial charge in [-0.2, -0.15) is 0 Å². The number of amides is 2. The van der Waals surface area contributed by atoms with Crippen molar-refractivity contribution in [2.75, 3.05) is 21.3 Å². The van der Waals surface area contributed by atoms with Crippen molar-refractivity contribution in [3.63, 3.8) is 0 Å². The van der Waals surface area contributed by atoms with Crippen molar-refractivity contribution in [3.05, 3.63) is 206 Å². The highest BCUT2D eigenvalue weighted by molar-refractivity contribution is 6.06. The molecule has 0 bridgehead atoms. The molecule has 0 aliphatic rings. The van der Waals surface area contributed by atoms with Gasteiger partial charge in [-0.1, -0.05) is 78.9 Å². The number of rotatable bonds is 12. The van der Waals surface area contributed by atoms with E-state index in [1.165, 1.54) is 24.2 Å². The van der Waals surface area contributed by atoms with Crippen LogP contribution in [-0.2, 0) is 0 Å². The number of para-hydroxylation sites is 1. The van der Waals surface area contributed by atoms with E-state index in [0.717, 1.165) is 27.8 Å². The first kappa shape index (κ1) is 42.1. The number of nitrogens with zero attached hydrogens (tertiary/aromatic N) is 10. The third-order valence-corrected chi connectivity index (χ3v) is 10.5. The van der Waals surface area contributed by atoms with Crippen molar-refractivity contribution in [2.24, 2.45) is 0 Å². The molecule has 66 heavy (non-hydrogen) atoms. The molecule has 16 heteroatoms. The number of anilines is 4. The number of carbonyl (C=O) groups is 2. The number of carbonyl (C=O) groups excluding carboxylic acids is 2. The van der Waals surface area contributed by atoms with Gasteiger partial charge in [0.05, 0.1) is 53.1 Å². The Morgan fingerprint density at radius 2 is 1.08 bits per heavy atom. The molecule has 0 aliphatic heterocycles. The van der Waals surface area contributed by atoms with Gasteiger partial charge in [-0.15, -0.1) is 0 Å². The quantitative estimate of drug-likeness (QED) is 0.0910. The molecular weight excluding hydrogens is 829 g/mol. The van der Waals surface area contributed by atoms with Crippen LogP contribution in [0.15, 0.2) is 183 Å². The molecule has 0 spiro atoms. The zero-order valence-corrected chi connectivity index (χ0v) is 35.8. The lowest BCUT2D eigenvalue weighted by molar-refractivity contribution is 0.101. The molecule has 5 heterocycles. The summed E-state index contributed by atoms with van der Waals surface area (Å²) < 4.78 is 3.69. The average molecular weight is 871 g/mol. The van der Waals surface area contributed by atoms with Crippen LogP contribution in [-0.4, -0.2) is 60.8 Å². The number of nitrogens with one attached hydrogen (secondary N) is 4. The third kappa shape index (κ3) is 9.87. The van der Waals surface area contributed by atoms with E-state index < -0.39 is 0 Å². The molecule has 5 aromatic carbocycles. The van der Waals surface area contributed by atoms with E-state index in [-0.39, 0.29) is 29.6 Å². The Bertz CT molecular complexity index is 3240. The number of fused-ring (bicyclic) bond motifs is 2. The molecule has 4 N–H and O–H groups in total. The van der Waals surface area contributed by atoms with Crippen LogP contribution in [0.4, 0.5) is 23.0 Å². The van der Waals surface area contributed by atoms with Gasteiger partial charge in [0.15, 0.2) is 11.6 Å². The molecule has 0 unspecified atom stereocenters. The molecular formula is C50H42N14O2. The van der Waals surface area contributed by atoms with Crippen LogP contribution in [0.1, 0.15) is 57.9 Å². The lowest BCUT2D eigenvalue weighted by atomic mass is 10.1. The summed E-state index contributed by atoms with van der Waals surface area (Å²) in [5, 5.41) is 12.5. The Kier molecular flexibility index (Phi) is 12.4. The van der Waals surface area contributed by atoms with Gasteiger partial charge >= 0.3 is 0 Å². The number of aromatic nitrogens is 10. The first-order valence-corrected chi connectivity index (χ1v) is 21.0. The standard InChI is InChI=1S/C26H22N6O.C24H20N8O/c1-18(19-8-4-2-5-9-19)29-24-15-27-16-25(31-24)32-17-28-22-14-20(12-13-23(22)32)26(33)30-21-10-6-3-7-11-21;1-16(17-5-3-2-4-6-17)29-22-13-26-14-23(31-22)32-15-28-19-8-7-18(11-21(19)32)30-24(33)20-12-25-9-10-27-20/h2-18H,1H3,(H,29,31)(H,30,33);2-16H,1H3,(H,29,31)(H,30,33)/t18-;16-/m00/s1. The number of benzene rings is 5. The van der Waals surface area contributed by atoms with Crippen molar-refractivity contribution in [1.82, 2.24) is 49.0 Å². The van der Waals surface area contributed by atoms with Crippen molar-refractivity contribution >= 4 is 56.9 Å². The van der Waals surface area contributed by atoms with Crippen LogP contribution >= 0.6 is 0 Å². The van der Waals surface area contributed by atoms with Gasteiger partial charge in [0.25, 0.3) is 11.8 Å². The van der Waals surface area contributed by atoms with Crippen molar-refractivity contribution in [2.45, 2.75) is 25.9 Å². The predicted octanol–water partition coefficient (Wildman–Crippen LogP) is 9.27. The summed E-state index contributed by atoms with van der Waals surface area (Å²) in [6, 6.07) is 40.7. The highest BCUT2D eigenvalue weighted by Crippen LogP contribution is 2.25. The van der Waals surface area contributed by atoms with E-state index in [1.807, 2.05) is 94.1 Å². The maximum Gasteiger partial charge on any atom is 0.275 e. The van der Waals surface area contributed by atoms with E-state index in [4.69, 9.17) is 9.97 Å². The van der Waals surface area contributed by atoms with Gasteiger partial charge in [-0.3, -0.25) is 33.7 Å². The normalized spacial score (nSPS) is 11.8. The molecule has 2 atom stereocenters. The maximum absolute atomic E-state index is 12.6. The second-order valence-electron chi connectivity index (χ2n) is 15.1. The predicted molar refractivity (Wildman–Crippen MR) is 255 cm³/mol. The molecule has 0 saturated carbocycles. The minimum Gasteiger partial charge on any atom is -0.362 e. The molecule has 0 saturated heterocycles. The second-order valence-corrected chi connectivity index (χ2v) is 15.1. The summed E-state index contributed by atoms with van der Waals surface area (Å²) in [5.41, 5.74) is 7.55. The number of hydrogen-bond acceptors (Lipinski definition) is 12. The molecule has 0 aliphatic carbocycles. The summed E-state index contributed by atoms with van der Waals surface area (Å²) in [5.74, 6) is 2.06. The molecule has 324 valence electrons. The first-order valence-electron chi connectivity index (χ1n) is 21.0. The van der Waals surface area contributed by atoms with Gasteiger partial charge < -0.3 is 21.3 Å². The molecule has 5 aromatic heterocycles. The number of imidazole rings is 2. The van der Waals surface area contributed by atoms with Gasteiger partial charge in [0.2, 0.25) is 0 Å². The van der Waals surface area contributed by atoms with E-state index in [0.29, 0.717) is 40.0 Å². The third-order valence-electron chi connectivity index (χ3n) is 10.5. The summed E-state index contributed by atoms with van der Waals surface area (Å²) in [6.45, 7) is 4.15. The largest absolute Gasteiger partial charge is 0.362 e. The smallest absolute Gasteiger partial charge is 0.275 e. The van der Waals surface area contributed by atoms with Crippen LogP contribution < -0.4 is 21.3 Å². The van der Waals surface area contributed by atoms with E-state index in [2.05, 4.69) is 89.3 Å². The fourth-order valence-corrected chi connectivity index (χ4v) is 7.12. The van der Waals surface area contributed by atoms with Crippen molar-refractivity contribution < 1.29 is 9.59 Å². The average Bonchev–Trinajstić information content (AvgIpc) is 4.00. The van der Waals surface area contributed by atoms with E-state index in [1.54, 1.807) is 55.6 Å². The minimum atomic E-state index is -0.339. The summed E-state index contributed by atoms with van der Waals surface area (Å²) >= 11 is 0. The van der Waals surface area contributed by atoms with Gasteiger partial charge in [-0.05, 0) is 73.5 Å². The topological polar surface area (TPSA) is 195 Å². The number of hydrogen-bond donors (Lipinski definition) is 4. The maximum atomic E-state index is 12.6. The molecule has 0 radical (unpaired) electrons. The lowest BCUT2D eigenvalue weighted by Gasteiger charge is -2.15. The van der Waals surface area contributed by atoms with Crippen LogP contribution in [0.5, 0.6) is 0 Å². The van der Waals surface area contributed by atoms with Crippen LogP contribution in [0.25, 0.3) is 33.7 Å². The minimum absolute atomic E-state index is 0.0678. The Morgan fingerprint density at radius 3 is 1.68 bits per heavy atom. The van der Waals surface area contributed by atoms with E-state index >= 15 is 0 Å². The molecule has 10 aromatic rings. The zero-order chi connectivity index (χ0) is 45.2. The second kappa shape index (κ2) is 19.5. The Hall–Kier alpha value is -9.18. The fraction of sp³-hybridized carbons (Fsp3) is 0.0800. The summed E-state index contributed by atoms with van der Waals surface area (Å²) in [4.78, 5) is 60.1. The lowest BCUT2D eigenvalue weighted by Crippen LogP contribution is -2.13. The highest BCUT2D eigenvalue weighted by atomic mass is 16.2. The molecule has 0 fully saturated rings. The SMILES string of the molecule is C[C@H](Nc1cncc(-n2cnc3cc(C(=O)Nc4ccccc4)ccc32)n1)c1ccccc1.C[C@H](Nc1cncc(-n2cnc3ccc(NC(=O)c4cnccn4)cc32)n1)c1ccccc1. The van der Waals surface area contributed by atoms with Crippen LogP contribution in [0, 0.1) is 0 Å². The van der Waals surface area contributed by atoms with E-state index in [9.17, 15) is 9.59 Å². The van der Waals surface area contributed by atoms with Gasteiger partial charge in [0.1, 0.15) is 30.0 Å².